The van der Waals surface area contributed by atoms with Crippen molar-refractivity contribution >= 4 is 32.5 Å². The van der Waals surface area contributed by atoms with Gasteiger partial charge in [-0.2, -0.15) is 0 Å². The average molecular weight is 401 g/mol. The van der Waals surface area contributed by atoms with E-state index in [1.165, 1.54) is 22.3 Å². The number of aliphatic imine (C=N–C) groups is 1. The zero-order valence-corrected chi connectivity index (χ0v) is 17.5. The van der Waals surface area contributed by atoms with Crippen LogP contribution in [-0.4, -0.2) is 36.4 Å². The van der Waals surface area contributed by atoms with Gasteiger partial charge in [0, 0.05) is 10.9 Å². The lowest BCUT2D eigenvalue weighted by molar-refractivity contribution is 0.601. The number of anilines is 1. The molecule has 2 aromatic rings. The highest BCUT2D eigenvalue weighted by atomic mass is 32.2. The van der Waals surface area contributed by atoms with Gasteiger partial charge in [-0.3, -0.25) is 4.99 Å². The summed E-state index contributed by atoms with van der Waals surface area (Å²) in [7, 11) is -2.94. The molecular formula is C21H24N2O2S2. The van der Waals surface area contributed by atoms with Crippen LogP contribution in [0.4, 0.5) is 5.69 Å². The standard InChI is InChI=1S/C21H24N2O2S2/c1-14-5-4-6-18(10-14)23(11-17-9-15(2)7-8-16(17)3)21-22-19-12-27(24,25)13-20(19)26-21/h4-10,19-20H,11-13H2,1-3H3. The highest BCUT2D eigenvalue weighted by Gasteiger charge is 2.44. The van der Waals surface area contributed by atoms with Crippen molar-refractivity contribution in [3.05, 3.63) is 64.7 Å². The first-order valence-corrected chi connectivity index (χ1v) is 11.9. The van der Waals surface area contributed by atoms with Gasteiger partial charge in [-0.05, 0) is 49.6 Å². The molecule has 0 radical (unpaired) electrons. The second-order valence-corrected chi connectivity index (χ2v) is 10.9. The maximum atomic E-state index is 11.9. The van der Waals surface area contributed by atoms with E-state index in [-0.39, 0.29) is 22.8 Å². The molecule has 2 atom stereocenters. The van der Waals surface area contributed by atoms with Crippen LogP contribution in [0.15, 0.2) is 47.5 Å². The van der Waals surface area contributed by atoms with Crippen LogP contribution in [0.3, 0.4) is 0 Å². The molecule has 0 spiro atoms. The molecule has 2 heterocycles. The number of thioether (sulfide) groups is 1. The summed E-state index contributed by atoms with van der Waals surface area (Å²) in [6.07, 6.45) is 0. The Hall–Kier alpha value is -1.79. The molecular weight excluding hydrogens is 376 g/mol. The molecule has 2 unspecified atom stereocenters. The van der Waals surface area contributed by atoms with Gasteiger partial charge >= 0.3 is 0 Å². The Morgan fingerprint density at radius 3 is 2.59 bits per heavy atom. The number of nitrogens with zero attached hydrogens (tertiary/aromatic N) is 2. The Morgan fingerprint density at radius 2 is 1.85 bits per heavy atom. The monoisotopic (exact) mass is 400 g/mol. The summed E-state index contributed by atoms with van der Waals surface area (Å²) >= 11 is 1.62. The zero-order chi connectivity index (χ0) is 19.2. The van der Waals surface area contributed by atoms with E-state index in [1.54, 1.807) is 11.8 Å². The van der Waals surface area contributed by atoms with Crippen molar-refractivity contribution in [3.63, 3.8) is 0 Å². The molecule has 0 aliphatic carbocycles. The third-order valence-corrected chi connectivity index (χ3v) is 8.43. The van der Waals surface area contributed by atoms with Crippen LogP contribution in [0.5, 0.6) is 0 Å². The van der Waals surface area contributed by atoms with Crippen molar-refractivity contribution in [1.29, 1.82) is 0 Å². The Bertz CT molecular complexity index is 1010. The highest BCUT2D eigenvalue weighted by Crippen LogP contribution is 2.37. The second-order valence-electron chi connectivity index (χ2n) is 7.57. The van der Waals surface area contributed by atoms with Crippen LogP contribution in [0.2, 0.25) is 0 Å². The summed E-state index contributed by atoms with van der Waals surface area (Å²) in [6.45, 7) is 7.06. The molecule has 0 saturated carbocycles. The first kappa shape index (κ1) is 18.6. The van der Waals surface area contributed by atoms with E-state index in [2.05, 4.69) is 68.1 Å². The summed E-state index contributed by atoms with van der Waals surface area (Å²) < 4.78 is 23.8. The summed E-state index contributed by atoms with van der Waals surface area (Å²) in [6, 6.07) is 14.8. The molecule has 2 aliphatic heterocycles. The van der Waals surface area contributed by atoms with Gasteiger partial charge in [0.2, 0.25) is 0 Å². The topological polar surface area (TPSA) is 49.7 Å². The normalized spacial score (nSPS) is 23.1. The summed E-state index contributed by atoms with van der Waals surface area (Å²) in [4.78, 5) is 7.07. The second kappa shape index (κ2) is 6.99. The third-order valence-electron chi connectivity index (χ3n) is 5.18. The molecule has 2 aromatic carbocycles. The maximum Gasteiger partial charge on any atom is 0.164 e. The number of rotatable bonds is 3. The van der Waals surface area contributed by atoms with Crippen LogP contribution in [0.25, 0.3) is 0 Å². The highest BCUT2D eigenvalue weighted by molar-refractivity contribution is 8.15. The molecule has 4 rings (SSSR count). The minimum absolute atomic E-state index is 0.0518. The van der Waals surface area contributed by atoms with Gasteiger partial charge in [0.05, 0.1) is 24.1 Å². The van der Waals surface area contributed by atoms with Gasteiger partial charge in [0.25, 0.3) is 0 Å². The van der Waals surface area contributed by atoms with E-state index in [4.69, 9.17) is 4.99 Å². The molecule has 2 aliphatic rings. The Kier molecular flexibility index (Phi) is 4.80. The van der Waals surface area contributed by atoms with Crippen molar-refractivity contribution < 1.29 is 8.42 Å². The van der Waals surface area contributed by atoms with E-state index in [9.17, 15) is 8.42 Å². The van der Waals surface area contributed by atoms with Crippen LogP contribution < -0.4 is 4.90 Å². The quantitative estimate of drug-likeness (QED) is 0.784. The lowest BCUT2D eigenvalue weighted by Crippen LogP contribution is -2.28. The molecule has 4 nitrogen and oxygen atoms in total. The number of aryl methyl sites for hydroxylation is 3. The Labute approximate surface area is 165 Å². The largest absolute Gasteiger partial charge is 0.317 e. The van der Waals surface area contributed by atoms with Gasteiger partial charge in [-0.1, -0.05) is 47.7 Å². The molecule has 0 bridgehead atoms. The van der Waals surface area contributed by atoms with Gasteiger partial charge in [0.1, 0.15) is 0 Å². The molecule has 0 aromatic heterocycles. The van der Waals surface area contributed by atoms with E-state index in [1.807, 2.05) is 0 Å². The SMILES string of the molecule is Cc1cccc(N(Cc2cc(C)ccc2C)C2=NC3CS(=O)(=O)CC3S2)c1. The zero-order valence-electron chi connectivity index (χ0n) is 15.8. The summed E-state index contributed by atoms with van der Waals surface area (Å²) in [5.41, 5.74) is 6.06. The van der Waals surface area contributed by atoms with E-state index >= 15 is 0 Å². The number of fused-ring (bicyclic) bond motifs is 1. The van der Waals surface area contributed by atoms with Crippen molar-refractivity contribution in [1.82, 2.24) is 0 Å². The summed E-state index contributed by atoms with van der Waals surface area (Å²) in [5.74, 6) is 0.416. The molecule has 142 valence electrons. The third kappa shape index (κ3) is 3.92. The van der Waals surface area contributed by atoms with Crippen LogP contribution >= 0.6 is 11.8 Å². The van der Waals surface area contributed by atoms with Crippen molar-refractivity contribution in [2.75, 3.05) is 16.4 Å². The van der Waals surface area contributed by atoms with E-state index < -0.39 is 9.84 Å². The van der Waals surface area contributed by atoms with Crippen molar-refractivity contribution in [3.8, 4) is 0 Å². The number of sulfone groups is 1. The minimum atomic E-state index is -2.94. The predicted octanol–water partition coefficient (Wildman–Crippen LogP) is 3.89. The number of hydrogen-bond donors (Lipinski definition) is 0. The van der Waals surface area contributed by atoms with Crippen LogP contribution in [0.1, 0.15) is 22.3 Å². The van der Waals surface area contributed by atoms with Gasteiger partial charge < -0.3 is 4.90 Å². The average Bonchev–Trinajstić information content (AvgIpc) is 3.09. The molecule has 1 fully saturated rings. The Morgan fingerprint density at radius 1 is 1.07 bits per heavy atom. The fourth-order valence-electron chi connectivity index (χ4n) is 3.68. The van der Waals surface area contributed by atoms with E-state index in [0.29, 0.717) is 0 Å². The van der Waals surface area contributed by atoms with Gasteiger partial charge in [-0.25, -0.2) is 8.42 Å². The first-order valence-electron chi connectivity index (χ1n) is 9.16. The molecule has 1 saturated heterocycles. The maximum absolute atomic E-state index is 11.9. The number of amidine groups is 1. The van der Waals surface area contributed by atoms with Gasteiger partial charge in [0.15, 0.2) is 15.0 Å². The smallest absolute Gasteiger partial charge is 0.164 e. The molecule has 6 heteroatoms. The number of hydrogen-bond acceptors (Lipinski definition) is 5. The molecule has 27 heavy (non-hydrogen) atoms. The first-order chi connectivity index (χ1) is 12.8. The van der Waals surface area contributed by atoms with Crippen LogP contribution in [0, 0.1) is 20.8 Å². The van der Waals surface area contributed by atoms with Crippen molar-refractivity contribution in [2.45, 2.75) is 38.6 Å². The number of benzene rings is 2. The fourth-order valence-corrected chi connectivity index (χ4v) is 7.46. The molecule has 0 N–H and O–H groups in total. The van der Waals surface area contributed by atoms with Crippen LogP contribution in [-0.2, 0) is 16.4 Å². The van der Waals surface area contributed by atoms with Gasteiger partial charge in [-0.15, -0.1) is 0 Å². The fraction of sp³-hybridized carbons (Fsp3) is 0.381. The van der Waals surface area contributed by atoms with Crippen molar-refractivity contribution in [2.24, 2.45) is 4.99 Å². The van der Waals surface area contributed by atoms with E-state index in [0.717, 1.165) is 17.4 Å². The lowest BCUT2D eigenvalue weighted by Gasteiger charge is -2.26. The summed E-state index contributed by atoms with van der Waals surface area (Å²) in [5, 5.41) is 0.988. The predicted molar refractivity (Wildman–Crippen MR) is 115 cm³/mol. The Balaban J connectivity index is 1.70. The molecule has 0 amide bonds. The lowest BCUT2D eigenvalue weighted by atomic mass is 10.0. The minimum Gasteiger partial charge on any atom is -0.317 e.